The molecular formula is C12H20ClN3. The number of aryl methyl sites for hydroxylation is 1. The Kier molecular flexibility index (Phi) is 4.24. The van der Waals surface area contributed by atoms with Crippen molar-refractivity contribution in [2.45, 2.75) is 38.3 Å². The molecule has 1 fully saturated rings. The van der Waals surface area contributed by atoms with E-state index < -0.39 is 0 Å². The van der Waals surface area contributed by atoms with Gasteiger partial charge in [-0.3, -0.25) is 9.58 Å². The SMILES string of the molecule is Cn1ccc(CN2CCCCC2CCCl)n1. The van der Waals surface area contributed by atoms with Crippen LogP contribution in [0.15, 0.2) is 12.3 Å². The van der Waals surface area contributed by atoms with Crippen molar-refractivity contribution < 1.29 is 0 Å². The van der Waals surface area contributed by atoms with Crippen molar-refractivity contribution in [1.29, 1.82) is 0 Å². The van der Waals surface area contributed by atoms with E-state index >= 15 is 0 Å². The van der Waals surface area contributed by atoms with Gasteiger partial charge in [0.15, 0.2) is 0 Å². The Morgan fingerprint density at radius 1 is 1.50 bits per heavy atom. The average molecular weight is 242 g/mol. The third kappa shape index (κ3) is 2.98. The number of aromatic nitrogens is 2. The zero-order valence-corrected chi connectivity index (χ0v) is 10.7. The summed E-state index contributed by atoms with van der Waals surface area (Å²) in [5.74, 6) is 0.767. The smallest absolute Gasteiger partial charge is 0.0764 e. The number of hydrogen-bond acceptors (Lipinski definition) is 2. The average Bonchev–Trinajstić information content (AvgIpc) is 2.67. The molecule has 90 valence electrons. The van der Waals surface area contributed by atoms with Crippen LogP contribution >= 0.6 is 11.6 Å². The van der Waals surface area contributed by atoms with Gasteiger partial charge in [0.2, 0.25) is 0 Å². The highest BCUT2D eigenvalue weighted by atomic mass is 35.5. The van der Waals surface area contributed by atoms with Crippen molar-refractivity contribution in [2.24, 2.45) is 7.05 Å². The maximum atomic E-state index is 5.86. The Morgan fingerprint density at radius 2 is 2.38 bits per heavy atom. The summed E-state index contributed by atoms with van der Waals surface area (Å²) >= 11 is 5.86. The van der Waals surface area contributed by atoms with Crippen LogP contribution in [0, 0.1) is 0 Å². The van der Waals surface area contributed by atoms with Crippen LogP contribution in [0.4, 0.5) is 0 Å². The third-order valence-electron chi connectivity index (χ3n) is 3.33. The van der Waals surface area contributed by atoms with Crippen molar-refractivity contribution >= 4 is 11.6 Å². The quantitative estimate of drug-likeness (QED) is 0.755. The van der Waals surface area contributed by atoms with Gasteiger partial charge in [0, 0.05) is 31.7 Å². The summed E-state index contributed by atoms with van der Waals surface area (Å²) in [6.45, 7) is 2.17. The topological polar surface area (TPSA) is 21.1 Å². The van der Waals surface area contributed by atoms with E-state index in [0.29, 0.717) is 6.04 Å². The van der Waals surface area contributed by atoms with Gasteiger partial charge in [-0.15, -0.1) is 11.6 Å². The van der Waals surface area contributed by atoms with E-state index in [4.69, 9.17) is 11.6 Å². The van der Waals surface area contributed by atoms with E-state index in [1.165, 1.54) is 31.5 Å². The second-order valence-electron chi connectivity index (χ2n) is 4.58. The van der Waals surface area contributed by atoms with Crippen LogP contribution < -0.4 is 0 Å². The summed E-state index contributed by atoms with van der Waals surface area (Å²) in [6, 6.07) is 2.76. The predicted molar refractivity (Wildman–Crippen MR) is 66.6 cm³/mol. The van der Waals surface area contributed by atoms with Gasteiger partial charge in [0.25, 0.3) is 0 Å². The Balaban J connectivity index is 1.95. The zero-order valence-electron chi connectivity index (χ0n) is 9.90. The van der Waals surface area contributed by atoms with Gasteiger partial charge in [0.05, 0.1) is 5.69 Å². The lowest BCUT2D eigenvalue weighted by Crippen LogP contribution is -2.39. The van der Waals surface area contributed by atoms with Gasteiger partial charge in [-0.2, -0.15) is 5.10 Å². The first kappa shape index (κ1) is 11.9. The molecule has 0 radical (unpaired) electrons. The minimum absolute atomic E-state index is 0.660. The first-order chi connectivity index (χ1) is 7.79. The standard InChI is InChI=1S/C12H20ClN3/c1-15-9-6-11(14-15)10-16-8-3-2-4-12(16)5-7-13/h6,9,12H,2-5,7-8,10H2,1H3. The molecule has 16 heavy (non-hydrogen) atoms. The number of rotatable bonds is 4. The first-order valence-corrected chi connectivity index (χ1v) is 6.61. The fourth-order valence-electron chi connectivity index (χ4n) is 2.48. The monoisotopic (exact) mass is 241 g/mol. The third-order valence-corrected chi connectivity index (χ3v) is 3.54. The van der Waals surface area contributed by atoms with Gasteiger partial charge in [-0.05, 0) is 31.9 Å². The molecule has 0 aromatic carbocycles. The summed E-state index contributed by atoms with van der Waals surface area (Å²) in [5, 5.41) is 4.44. The number of nitrogens with zero attached hydrogens (tertiary/aromatic N) is 3. The summed E-state index contributed by atoms with van der Waals surface area (Å²) in [4.78, 5) is 2.54. The lowest BCUT2D eigenvalue weighted by molar-refractivity contribution is 0.135. The highest BCUT2D eigenvalue weighted by Crippen LogP contribution is 2.21. The van der Waals surface area contributed by atoms with Crippen LogP contribution in [-0.4, -0.2) is 33.1 Å². The molecule has 0 bridgehead atoms. The summed E-state index contributed by atoms with van der Waals surface area (Å²) in [6.07, 6.45) is 7.07. The molecule has 4 heteroatoms. The van der Waals surface area contributed by atoms with Gasteiger partial charge in [-0.1, -0.05) is 6.42 Å². The molecule has 0 aliphatic carbocycles. The molecule has 3 nitrogen and oxygen atoms in total. The number of likely N-dealkylation sites (tertiary alicyclic amines) is 1. The highest BCUT2D eigenvalue weighted by Gasteiger charge is 2.22. The van der Waals surface area contributed by atoms with Crippen LogP contribution in [-0.2, 0) is 13.6 Å². The summed E-state index contributed by atoms with van der Waals surface area (Å²) in [7, 11) is 1.97. The van der Waals surface area contributed by atoms with E-state index in [1.807, 2.05) is 17.9 Å². The molecule has 0 amide bonds. The maximum absolute atomic E-state index is 5.86. The summed E-state index contributed by atoms with van der Waals surface area (Å²) < 4.78 is 1.87. The Morgan fingerprint density at radius 3 is 3.06 bits per heavy atom. The molecule has 0 saturated carbocycles. The molecule has 1 saturated heterocycles. The van der Waals surface area contributed by atoms with Crippen molar-refractivity contribution in [1.82, 2.24) is 14.7 Å². The highest BCUT2D eigenvalue weighted by molar-refractivity contribution is 6.17. The molecule has 2 heterocycles. The van der Waals surface area contributed by atoms with Crippen LogP contribution in [0.25, 0.3) is 0 Å². The molecule has 1 aliphatic rings. The molecule has 1 aromatic heterocycles. The van der Waals surface area contributed by atoms with E-state index in [0.717, 1.165) is 18.8 Å². The largest absolute Gasteiger partial charge is 0.294 e. The molecule has 1 aliphatic heterocycles. The number of halogens is 1. The van der Waals surface area contributed by atoms with Gasteiger partial charge in [-0.25, -0.2) is 0 Å². The lowest BCUT2D eigenvalue weighted by atomic mass is 10.00. The van der Waals surface area contributed by atoms with E-state index in [9.17, 15) is 0 Å². The zero-order chi connectivity index (χ0) is 11.4. The van der Waals surface area contributed by atoms with Crippen LogP contribution in [0.3, 0.4) is 0 Å². The Labute approximate surface area is 102 Å². The van der Waals surface area contributed by atoms with Crippen LogP contribution in [0.5, 0.6) is 0 Å². The fourth-order valence-corrected chi connectivity index (χ4v) is 2.73. The first-order valence-electron chi connectivity index (χ1n) is 6.08. The second kappa shape index (κ2) is 5.69. The van der Waals surface area contributed by atoms with Crippen molar-refractivity contribution in [3.8, 4) is 0 Å². The molecule has 1 unspecified atom stereocenters. The van der Waals surface area contributed by atoms with Crippen LogP contribution in [0.2, 0.25) is 0 Å². The maximum Gasteiger partial charge on any atom is 0.0764 e. The minimum atomic E-state index is 0.660. The van der Waals surface area contributed by atoms with Gasteiger partial charge in [0.1, 0.15) is 0 Å². The second-order valence-corrected chi connectivity index (χ2v) is 4.96. The predicted octanol–water partition coefficient (Wildman–Crippen LogP) is 2.40. The Bertz CT molecular complexity index is 322. The number of hydrogen-bond donors (Lipinski definition) is 0. The summed E-state index contributed by atoms with van der Waals surface area (Å²) in [5.41, 5.74) is 1.17. The molecule has 0 N–H and O–H groups in total. The molecule has 1 atom stereocenters. The number of alkyl halides is 1. The molecule has 1 aromatic rings. The van der Waals surface area contributed by atoms with E-state index in [1.54, 1.807) is 0 Å². The molecular weight excluding hydrogens is 222 g/mol. The minimum Gasteiger partial charge on any atom is -0.294 e. The van der Waals surface area contributed by atoms with Crippen LogP contribution in [0.1, 0.15) is 31.4 Å². The van der Waals surface area contributed by atoms with Crippen molar-refractivity contribution in [3.05, 3.63) is 18.0 Å². The normalized spacial score (nSPS) is 22.5. The van der Waals surface area contributed by atoms with Gasteiger partial charge < -0.3 is 0 Å². The van der Waals surface area contributed by atoms with Crippen molar-refractivity contribution in [3.63, 3.8) is 0 Å². The fraction of sp³-hybridized carbons (Fsp3) is 0.750. The van der Waals surface area contributed by atoms with Crippen molar-refractivity contribution in [2.75, 3.05) is 12.4 Å². The lowest BCUT2D eigenvalue weighted by Gasteiger charge is -2.34. The van der Waals surface area contributed by atoms with E-state index in [-0.39, 0.29) is 0 Å². The molecule has 0 spiro atoms. The number of piperidine rings is 1. The Hall–Kier alpha value is -0.540. The van der Waals surface area contributed by atoms with Gasteiger partial charge >= 0.3 is 0 Å². The van der Waals surface area contributed by atoms with E-state index in [2.05, 4.69) is 16.1 Å². The molecule has 2 rings (SSSR count).